The first-order valence-electron chi connectivity index (χ1n) is 9.48. The van der Waals surface area contributed by atoms with Gasteiger partial charge in [0.25, 0.3) is 12.3 Å². The third-order valence-electron chi connectivity index (χ3n) is 4.44. The lowest BCUT2D eigenvalue weighted by Crippen LogP contribution is -2.53. The van der Waals surface area contributed by atoms with Crippen LogP contribution in [0.5, 0.6) is 5.75 Å². The topological polar surface area (TPSA) is 97.1 Å². The maximum Gasteiger partial charge on any atom is 0.401 e. The molecule has 1 aliphatic rings. The second-order valence-corrected chi connectivity index (χ2v) is 6.84. The Morgan fingerprint density at radius 2 is 1.97 bits per heavy atom. The molecule has 3 N–H and O–H groups in total. The molecular formula is C18H21F7N4O4. The molecule has 33 heavy (non-hydrogen) atoms. The van der Waals surface area contributed by atoms with Crippen molar-refractivity contribution >= 4 is 23.2 Å². The third kappa shape index (κ3) is 8.01. The summed E-state index contributed by atoms with van der Waals surface area (Å²) in [5.74, 6) is -2.20. The average molecular weight is 490 g/mol. The summed E-state index contributed by atoms with van der Waals surface area (Å²) in [5, 5.41) is 2.16. The van der Waals surface area contributed by atoms with Gasteiger partial charge >= 0.3 is 12.8 Å². The fourth-order valence-corrected chi connectivity index (χ4v) is 3.14. The van der Waals surface area contributed by atoms with Crippen molar-refractivity contribution in [2.75, 3.05) is 49.6 Å². The first kappa shape index (κ1) is 26.6. The normalized spacial score (nSPS) is 16.0. The van der Waals surface area contributed by atoms with Crippen molar-refractivity contribution in [2.24, 2.45) is 5.73 Å². The van der Waals surface area contributed by atoms with Crippen LogP contribution in [0.1, 0.15) is 0 Å². The van der Waals surface area contributed by atoms with Crippen LogP contribution < -0.4 is 20.7 Å². The number of rotatable bonds is 10. The summed E-state index contributed by atoms with van der Waals surface area (Å²) in [6.07, 6.45) is -8.06. The summed E-state index contributed by atoms with van der Waals surface area (Å²) in [7, 11) is 0. The molecule has 2 rings (SSSR count). The highest BCUT2D eigenvalue weighted by Gasteiger charge is 2.37. The number of ether oxygens (including phenoxy) is 2. The summed E-state index contributed by atoms with van der Waals surface area (Å²) >= 11 is 0. The second-order valence-electron chi connectivity index (χ2n) is 6.84. The van der Waals surface area contributed by atoms with Gasteiger partial charge in [-0.15, -0.1) is 0 Å². The van der Waals surface area contributed by atoms with Crippen molar-refractivity contribution < 1.29 is 49.8 Å². The van der Waals surface area contributed by atoms with Crippen LogP contribution in [-0.4, -0.2) is 81.4 Å². The summed E-state index contributed by atoms with van der Waals surface area (Å²) in [5.41, 5.74) is 5.12. The number of halogens is 7. The van der Waals surface area contributed by atoms with Crippen LogP contribution in [0.15, 0.2) is 18.2 Å². The summed E-state index contributed by atoms with van der Waals surface area (Å²) in [4.78, 5) is 25.8. The number of carbonyl (C=O) groups excluding carboxylic acids is 2. The number of nitrogens with zero attached hydrogens (tertiary/aromatic N) is 2. The Bertz CT molecular complexity index is 825. The van der Waals surface area contributed by atoms with Gasteiger partial charge in [-0.25, -0.2) is 8.78 Å². The number of carbonyl (C=O) groups is 2. The lowest BCUT2D eigenvalue weighted by Gasteiger charge is -2.30. The van der Waals surface area contributed by atoms with E-state index in [4.69, 9.17) is 10.5 Å². The fourth-order valence-electron chi connectivity index (χ4n) is 3.14. The van der Waals surface area contributed by atoms with Crippen molar-refractivity contribution in [2.45, 2.75) is 25.3 Å². The molecule has 0 unspecified atom stereocenters. The van der Waals surface area contributed by atoms with E-state index in [-0.39, 0.29) is 36.0 Å². The molecule has 1 atom stereocenters. The van der Waals surface area contributed by atoms with Crippen molar-refractivity contribution in [1.29, 1.82) is 0 Å². The van der Waals surface area contributed by atoms with Gasteiger partial charge in [-0.3, -0.25) is 14.5 Å². The van der Waals surface area contributed by atoms with Crippen LogP contribution in [0.3, 0.4) is 0 Å². The van der Waals surface area contributed by atoms with E-state index in [2.05, 4.69) is 10.1 Å². The molecule has 0 radical (unpaired) electrons. The number of amides is 2. The third-order valence-corrected chi connectivity index (χ3v) is 4.44. The Morgan fingerprint density at radius 1 is 1.27 bits per heavy atom. The van der Waals surface area contributed by atoms with E-state index in [0.29, 0.717) is 0 Å². The molecular weight excluding hydrogens is 469 g/mol. The molecule has 0 aromatic heterocycles. The van der Waals surface area contributed by atoms with Gasteiger partial charge in [-0.1, -0.05) is 0 Å². The minimum atomic E-state index is -4.88. The predicted molar refractivity (Wildman–Crippen MR) is 101 cm³/mol. The molecule has 1 heterocycles. The van der Waals surface area contributed by atoms with Gasteiger partial charge in [-0.2, -0.15) is 22.0 Å². The molecule has 0 bridgehead atoms. The van der Waals surface area contributed by atoms with Crippen LogP contribution in [0.4, 0.5) is 42.1 Å². The number of hydrogen-bond acceptors (Lipinski definition) is 6. The minimum Gasteiger partial charge on any atom is -0.433 e. The van der Waals surface area contributed by atoms with Crippen LogP contribution in [0.25, 0.3) is 0 Å². The Kier molecular flexibility index (Phi) is 9.25. The van der Waals surface area contributed by atoms with Crippen molar-refractivity contribution in [3.63, 3.8) is 0 Å². The SMILES string of the molecule is NC[C@@H](C(=O)Nc1ccc(N2CCOCC2=O)c(OC(F)F)c1)N(CC(F)F)CC(F)(F)F. The van der Waals surface area contributed by atoms with Gasteiger partial charge in [0.05, 0.1) is 25.4 Å². The second kappa shape index (κ2) is 11.5. The molecule has 1 aromatic rings. The first-order chi connectivity index (χ1) is 15.4. The van der Waals surface area contributed by atoms with E-state index in [0.717, 1.165) is 11.0 Å². The highest BCUT2D eigenvalue weighted by molar-refractivity contribution is 5.98. The number of anilines is 2. The van der Waals surface area contributed by atoms with Crippen molar-refractivity contribution in [3.8, 4) is 5.75 Å². The molecule has 1 saturated heterocycles. The molecule has 2 amide bonds. The van der Waals surface area contributed by atoms with E-state index in [1.807, 2.05) is 0 Å². The van der Waals surface area contributed by atoms with Crippen LogP contribution in [-0.2, 0) is 14.3 Å². The standard InChI is InChI=1S/C18H21F7N4O4/c19-14(20)7-28(9-18(23,24)25)12(6-26)16(31)27-10-1-2-11(13(5-10)33-17(21)22)29-3-4-32-8-15(29)30/h1-2,5,12,14,17H,3-4,6-9,26H2,(H,27,31)/t12-/m0/s1. The van der Waals surface area contributed by atoms with Crippen LogP contribution >= 0.6 is 0 Å². The average Bonchev–Trinajstić information content (AvgIpc) is 2.67. The maximum absolute atomic E-state index is 12.9. The Hall–Kier alpha value is -2.65. The van der Waals surface area contributed by atoms with Gasteiger partial charge in [0.15, 0.2) is 5.75 Å². The van der Waals surface area contributed by atoms with E-state index in [1.54, 1.807) is 0 Å². The summed E-state index contributed by atoms with van der Waals surface area (Å²) < 4.78 is 99.0. The zero-order valence-electron chi connectivity index (χ0n) is 17.0. The lowest BCUT2D eigenvalue weighted by atomic mass is 10.2. The zero-order chi connectivity index (χ0) is 24.8. The van der Waals surface area contributed by atoms with Crippen molar-refractivity contribution in [3.05, 3.63) is 18.2 Å². The molecule has 1 fully saturated rings. The van der Waals surface area contributed by atoms with Crippen molar-refractivity contribution in [1.82, 2.24) is 4.90 Å². The maximum atomic E-state index is 12.9. The van der Waals surface area contributed by atoms with Gasteiger partial charge in [0.2, 0.25) is 5.91 Å². The molecule has 0 saturated carbocycles. The molecule has 1 aromatic carbocycles. The molecule has 0 aliphatic carbocycles. The first-order valence-corrected chi connectivity index (χ1v) is 9.48. The highest BCUT2D eigenvalue weighted by atomic mass is 19.4. The van der Waals surface area contributed by atoms with Gasteiger partial charge in [-0.05, 0) is 12.1 Å². The van der Waals surface area contributed by atoms with Gasteiger partial charge in [0, 0.05) is 24.8 Å². The fraction of sp³-hybridized carbons (Fsp3) is 0.556. The largest absolute Gasteiger partial charge is 0.433 e. The highest BCUT2D eigenvalue weighted by Crippen LogP contribution is 2.34. The number of nitrogens with one attached hydrogen (secondary N) is 1. The summed E-state index contributed by atoms with van der Waals surface area (Å²) in [6, 6.07) is 1.50. The molecule has 0 spiro atoms. The number of nitrogens with two attached hydrogens (primary N) is 1. The summed E-state index contributed by atoms with van der Waals surface area (Å²) in [6.45, 7) is -7.32. The van der Waals surface area contributed by atoms with E-state index in [1.165, 1.54) is 12.1 Å². The smallest absolute Gasteiger partial charge is 0.401 e. The lowest BCUT2D eigenvalue weighted by molar-refractivity contribution is -0.157. The number of alkyl halides is 7. The Balaban J connectivity index is 2.27. The van der Waals surface area contributed by atoms with E-state index < -0.39 is 62.5 Å². The molecule has 15 heteroatoms. The van der Waals surface area contributed by atoms with Crippen LogP contribution in [0, 0.1) is 0 Å². The van der Waals surface area contributed by atoms with Gasteiger partial charge in [0.1, 0.15) is 12.6 Å². The number of morpholine rings is 1. The molecule has 8 nitrogen and oxygen atoms in total. The Morgan fingerprint density at radius 3 is 2.52 bits per heavy atom. The Labute approximate surface area is 183 Å². The number of hydrogen-bond donors (Lipinski definition) is 2. The van der Waals surface area contributed by atoms with E-state index in [9.17, 15) is 40.3 Å². The van der Waals surface area contributed by atoms with Crippen LogP contribution in [0.2, 0.25) is 0 Å². The minimum absolute atomic E-state index is 0.0411. The molecule has 186 valence electrons. The molecule has 1 aliphatic heterocycles. The quantitative estimate of drug-likeness (QED) is 0.488. The predicted octanol–water partition coefficient (Wildman–Crippen LogP) is 2.05. The zero-order valence-corrected chi connectivity index (χ0v) is 17.0. The number of benzene rings is 1. The monoisotopic (exact) mass is 490 g/mol. The van der Waals surface area contributed by atoms with Gasteiger partial charge < -0.3 is 25.4 Å². The van der Waals surface area contributed by atoms with E-state index >= 15 is 0 Å².